The van der Waals surface area contributed by atoms with Gasteiger partial charge in [-0.1, -0.05) is 12.1 Å². The lowest BCUT2D eigenvalue weighted by atomic mass is 10.1. The van der Waals surface area contributed by atoms with E-state index in [2.05, 4.69) is 4.99 Å². The number of hydrogen-bond acceptors (Lipinski definition) is 5. The zero-order valence-corrected chi connectivity index (χ0v) is 13.9. The molecule has 0 aliphatic carbocycles. The van der Waals surface area contributed by atoms with E-state index >= 15 is 0 Å². The number of benzene rings is 1. The molecule has 1 unspecified atom stereocenters. The van der Waals surface area contributed by atoms with Crippen molar-refractivity contribution in [1.82, 2.24) is 9.80 Å². The summed E-state index contributed by atoms with van der Waals surface area (Å²) >= 11 is 0. The van der Waals surface area contributed by atoms with E-state index in [9.17, 15) is 14.4 Å². The van der Waals surface area contributed by atoms with Gasteiger partial charge in [0.25, 0.3) is 11.8 Å². The zero-order valence-electron chi connectivity index (χ0n) is 13.9. The number of imide groups is 1. The van der Waals surface area contributed by atoms with Crippen molar-refractivity contribution in [2.75, 3.05) is 13.1 Å². The van der Waals surface area contributed by atoms with Gasteiger partial charge in [-0.3, -0.25) is 24.4 Å². The second kappa shape index (κ2) is 5.74. The largest absolute Gasteiger partial charge is 0.443 e. The van der Waals surface area contributed by atoms with Crippen LogP contribution in [0.4, 0.5) is 4.79 Å². The minimum Gasteiger partial charge on any atom is -0.443 e. The van der Waals surface area contributed by atoms with Gasteiger partial charge < -0.3 is 4.74 Å². The minimum absolute atomic E-state index is 0.141. The van der Waals surface area contributed by atoms with Crippen LogP contribution in [0.25, 0.3) is 0 Å². The van der Waals surface area contributed by atoms with Crippen molar-refractivity contribution in [2.45, 2.75) is 32.4 Å². The summed E-state index contributed by atoms with van der Waals surface area (Å²) in [5.74, 6) is -0.636. The summed E-state index contributed by atoms with van der Waals surface area (Å²) in [5.41, 5.74) is 0.230. The van der Waals surface area contributed by atoms with Gasteiger partial charge in [-0.15, -0.1) is 0 Å². The fourth-order valence-electron chi connectivity index (χ4n) is 2.66. The van der Waals surface area contributed by atoms with Crippen LogP contribution < -0.4 is 0 Å². The van der Waals surface area contributed by atoms with E-state index in [-0.39, 0.29) is 30.9 Å². The van der Waals surface area contributed by atoms with Gasteiger partial charge in [0.05, 0.1) is 36.6 Å². The molecule has 7 nitrogen and oxygen atoms in total. The average Bonchev–Trinajstić information content (AvgIpc) is 3.06. The fraction of sp³-hybridized carbons (Fsp3) is 0.412. The molecule has 1 aromatic rings. The molecule has 7 heteroatoms. The van der Waals surface area contributed by atoms with E-state index in [1.54, 1.807) is 45.0 Å². The SMILES string of the molecule is CC(C)(C)OC(=O)N1C=NC(CN2C(=O)c3ccccc3C2=O)C1. The van der Waals surface area contributed by atoms with Crippen LogP contribution in [0.15, 0.2) is 29.3 Å². The molecule has 126 valence electrons. The third-order valence-electron chi connectivity index (χ3n) is 3.72. The molecule has 0 radical (unpaired) electrons. The minimum atomic E-state index is -0.592. The predicted octanol–water partition coefficient (Wildman–Crippen LogP) is 1.93. The summed E-state index contributed by atoms with van der Waals surface area (Å²) < 4.78 is 5.28. The number of fused-ring (bicyclic) bond motifs is 1. The lowest BCUT2D eigenvalue weighted by Gasteiger charge is -2.23. The van der Waals surface area contributed by atoms with Gasteiger partial charge in [0, 0.05) is 0 Å². The summed E-state index contributed by atoms with van der Waals surface area (Å²) in [6.45, 7) is 5.78. The second-order valence-corrected chi connectivity index (χ2v) is 6.82. The second-order valence-electron chi connectivity index (χ2n) is 6.82. The van der Waals surface area contributed by atoms with E-state index in [4.69, 9.17) is 4.74 Å². The van der Waals surface area contributed by atoms with Crippen molar-refractivity contribution in [1.29, 1.82) is 0 Å². The molecule has 24 heavy (non-hydrogen) atoms. The molecule has 0 aromatic heterocycles. The van der Waals surface area contributed by atoms with Gasteiger partial charge in [-0.25, -0.2) is 4.79 Å². The molecule has 1 atom stereocenters. The van der Waals surface area contributed by atoms with Crippen LogP contribution in [-0.2, 0) is 4.74 Å². The van der Waals surface area contributed by atoms with Crippen LogP contribution in [-0.4, -0.2) is 58.8 Å². The maximum absolute atomic E-state index is 12.3. The average molecular weight is 329 g/mol. The number of nitrogens with zero attached hydrogens (tertiary/aromatic N) is 3. The number of ether oxygens (including phenoxy) is 1. The number of amides is 3. The number of carbonyl (C=O) groups is 3. The Morgan fingerprint density at radius 2 is 1.79 bits per heavy atom. The highest BCUT2D eigenvalue weighted by molar-refractivity contribution is 6.21. The van der Waals surface area contributed by atoms with Crippen LogP contribution in [0.1, 0.15) is 41.5 Å². The Morgan fingerprint density at radius 3 is 2.33 bits per heavy atom. The molecule has 0 N–H and O–H groups in total. The number of rotatable bonds is 2. The smallest absolute Gasteiger partial charge is 0.415 e. The summed E-state index contributed by atoms with van der Waals surface area (Å²) in [6, 6.07) is 6.39. The Hall–Kier alpha value is -2.70. The molecule has 0 fully saturated rings. The third-order valence-corrected chi connectivity index (χ3v) is 3.72. The van der Waals surface area contributed by atoms with Crippen molar-refractivity contribution < 1.29 is 19.1 Å². The van der Waals surface area contributed by atoms with Gasteiger partial charge in [0.1, 0.15) is 5.60 Å². The van der Waals surface area contributed by atoms with E-state index in [0.717, 1.165) is 0 Å². The molecule has 0 saturated carbocycles. The molecule has 2 heterocycles. The zero-order chi connectivity index (χ0) is 17.5. The quantitative estimate of drug-likeness (QED) is 0.777. The first kappa shape index (κ1) is 16.2. The van der Waals surface area contributed by atoms with Gasteiger partial charge in [-0.2, -0.15) is 0 Å². The van der Waals surface area contributed by atoms with Crippen LogP contribution in [0.2, 0.25) is 0 Å². The monoisotopic (exact) mass is 329 g/mol. The third kappa shape index (κ3) is 3.02. The van der Waals surface area contributed by atoms with Crippen molar-refractivity contribution in [3.63, 3.8) is 0 Å². The fourth-order valence-corrected chi connectivity index (χ4v) is 2.66. The van der Waals surface area contributed by atoms with Gasteiger partial charge in [-0.05, 0) is 32.9 Å². The first-order chi connectivity index (χ1) is 11.3. The molecule has 3 rings (SSSR count). The van der Waals surface area contributed by atoms with Crippen LogP contribution >= 0.6 is 0 Å². The summed E-state index contributed by atoms with van der Waals surface area (Å²) in [4.78, 5) is 43.5. The lowest BCUT2D eigenvalue weighted by Crippen LogP contribution is -2.40. The van der Waals surface area contributed by atoms with Gasteiger partial charge >= 0.3 is 6.09 Å². The standard InChI is InChI=1S/C17H19N3O4/c1-17(2,3)24-16(23)19-8-11(18-10-19)9-20-14(21)12-6-4-5-7-13(12)15(20)22/h4-7,10-11H,8-9H2,1-3H3. The van der Waals surface area contributed by atoms with Crippen molar-refractivity contribution >= 4 is 24.2 Å². The van der Waals surface area contributed by atoms with E-state index in [1.807, 2.05) is 0 Å². The molecule has 3 amide bonds. The molecular formula is C17H19N3O4. The number of carbonyl (C=O) groups excluding carboxylic acids is 3. The number of hydrogen-bond donors (Lipinski definition) is 0. The Kier molecular flexibility index (Phi) is 3.87. The topological polar surface area (TPSA) is 79.3 Å². The highest BCUT2D eigenvalue weighted by Gasteiger charge is 2.38. The maximum atomic E-state index is 12.3. The summed E-state index contributed by atoms with van der Waals surface area (Å²) in [6.07, 6.45) is 0.910. The number of aliphatic imine (C=N–C) groups is 1. The van der Waals surface area contributed by atoms with E-state index in [1.165, 1.54) is 16.1 Å². The first-order valence-corrected chi connectivity index (χ1v) is 7.74. The normalized spacial score (nSPS) is 19.9. The Labute approximate surface area is 139 Å². The highest BCUT2D eigenvalue weighted by atomic mass is 16.6. The molecule has 0 spiro atoms. The first-order valence-electron chi connectivity index (χ1n) is 7.74. The molecule has 0 saturated heterocycles. The van der Waals surface area contributed by atoms with Crippen molar-refractivity contribution in [2.24, 2.45) is 4.99 Å². The summed E-state index contributed by atoms with van der Waals surface area (Å²) in [7, 11) is 0. The lowest BCUT2D eigenvalue weighted by molar-refractivity contribution is 0.0381. The van der Waals surface area contributed by atoms with Crippen molar-refractivity contribution in [3.8, 4) is 0 Å². The van der Waals surface area contributed by atoms with Crippen LogP contribution in [0, 0.1) is 0 Å². The maximum Gasteiger partial charge on any atom is 0.415 e. The van der Waals surface area contributed by atoms with E-state index < -0.39 is 11.7 Å². The van der Waals surface area contributed by atoms with Gasteiger partial charge in [0.15, 0.2) is 0 Å². The Bertz CT molecular complexity index is 701. The molecule has 0 bridgehead atoms. The van der Waals surface area contributed by atoms with E-state index in [0.29, 0.717) is 11.1 Å². The molecule has 1 aromatic carbocycles. The Balaban J connectivity index is 1.63. The van der Waals surface area contributed by atoms with Crippen LogP contribution in [0.5, 0.6) is 0 Å². The molecule has 2 aliphatic heterocycles. The molecular weight excluding hydrogens is 310 g/mol. The predicted molar refractivity (Wildman–Crippen MR) is 87.0 cm³/mol. The molecule has 2 aliphatic rings. The Morgan fingerprint density at radius 1 is 1.21 bits per heavy atom. The summed E-state index contributed by atoms with van der Waals surface area (Å²) in [5, 5.41) is 0. The van der Waals surface area contributed by atoms with Gasteiger partial charge in [0.2, 0.25) is 0 Å². The van der Waals surface area contributed by atoms with Crippen LogP contribution in [0.3, 0.4) is 0 Å². The van der Waals surface area contributed by atoms with Crippen molar-refractivity contribution in [3.05, 3.63) is 35.4 Å². The highest BCUT2D eigenvalue weighted by Crippen LogP contribution is 2.23.